The molecule has 2 aliphatic carbocycles. The van der Waals surface area contributed by atoms with Crippen LogP contribution in [0, 0.1) is 23.2 Å². The molecule has 2 N–H and O–H groups in total. The van der Waals surface area contributed by atoms with Crippen LogP contribution in [0.15, 0.2) is 41.9 Å². The van der Waals surface area contributed by atoms with E-state index in [1.165, 1.54) is 18.4 Å². The van der Waals surface area contributed by atoms with E-state index in [-0.39, 0.29) is 59.8 Å². The molecule has 7 atom stereocenters. The molecule has 6 bridgehead atoms. The highest BCUT2D eigenvalue weighted by atomic mass is 32.1. The molecule has 1 aromatic carbocycles. The maximum absolute atomic E-state index is 15.4. The highest BCUT2D eigenvalue weighted by molar-refractivity contribution is 7.10. The Morgan fingerprint density at radius 3 is 2.51 bits per heavy atom. The third kappa shape index (κ3) is 8.64. The van der Waals surface area contributed by atoms with Crippen molar-refractivity contribution in [2.24, 2.45) is 23.2 Å². The monoisotopic (exact) mass is 988 g/mol. The molecule has 4 aromatic rings. The molecule has 71 heavy (non-hydrogen) atoms. The first-order valence-corrected chi connectivity index (χ1v) is 27.7. The van der Waals surface area contributed by atoms with E-state index < -0.39 is 23.5 Å². The average Bonchev–Trinajstić information content (AvgIpc) is 4.09. The molecule has 5 saturated heterocycles. The fourth-order valence-corrected chi connectivity index (χ4v) is 14.5. The number of hydrogen-bond donors (Lipinski definition) is 2. The molecule has 7 fully saturated rings. The van der Waals surface area contributed by atoms with Crippen LogP contribution in [0.25, 0.3) is 33.4 Å². The van der Waals surface area contributed by atoms with Crippen molar-refractivity contribution < 1.29 is 28.6 Å². The Morgan fingerprint density at radius 2 is 1.76 bits per heavy atom. The number of thiazole rings is 1. The van der Waals surface area contributed by atoms with Gasteiger partial charge in [0, 0.05) is 116 Å². The summed E-state index contributed by atoms with van der Waals surface area (Å²) in [4.78, 5) is 62.4. The summed E-state index contributed by atoms with van der Waals surface area (Å²) in [5, 5.41) is 9.07. The van der Waals surface area contributed by atoms with E-state index in [1.807, 2.05) is 12.3 Å². The van der Waals surface area contributed by atoms with Crippen LogP contribution in [-0.4, -0.2) is 148 Å². The van der Waals surface area contributed by atoms with Gasteiger partial charge in [-0.3, -0.25) is 39.1 Å². The van der Waals surface area contributed by atoms with Gasteiger partial charge in [0.25, 0.3) is 5.91 Å². The van der Waals surface area contributed by atoms with Crippen molar-refractivity contribution in [3.05, 3.63) is 58.2 Å². The fourth-order valence-electron chi connectivity index (χ4n) is 13.5. The zero-order chi connectivity index (χ0) is 48.9. The predicted octanol–water partition coefficient (Wildman–Crippen LogP) is 6.93. The summed E-state index contributed by atoms with van der Waals surface area (Å²) < 4.78 is 20.7. The Morgan fingerprint density at radius 1 is 0.972 bits per heavy atom. The number of nitrogens with zero attached hydrogens (tertiary/aromatic N) is 7. The van der Waals surface area contributed by atoms with Gasteiger partial charge in [-0.15, -0.1) is 11.3 Å². The number of hydrazine groups is 1. The summed E-state index contributed by atoms with van der Waals surface area (Å²) >= 11 is 1.58. The molecular formula is C55H73N9O6S. The molecule has 2 amide bonds. The van der Waals surface area contributed by atoms with Crippen LogP contribution in [0.3, 0.4) is 0 Å². The van der Waals surface area contributed by atoms with Gasteiger partial charge in [-0.2, -0.15) is 0 Å². The molecule has 0 radical (unpaired) electrons. The molecule has 2 saturated carbocycles. The van der Waals surface area contributed by atoms with Crippen molar-refractivity contribution in [1.29, 1.82) is 0 Å². The Labute approximate surface area is 422 Å². The van der Waals surface area contributed by atoms with Gasteiger partial charge in [-0.1, -0.05) is 33.8 Å². The number of ether oxygens (including phenoxy) is 3. The van der Waals surface area contributed by atoms with E-state index in [0.717, 1.165) is 116 Å². The molecule has 380 valence electrons. The molecule has 8 aliphatic rings. The molecular weight excluding hydrogens is 915 g/mol. The highest BCUT2D eigenvalue weighted by Gasteiger charge is 2.57. The second kappa shape index (κ2) is 18.6. The summed E-state index contributed by atoms with van der Waals surface area (Å²) in [7, 11) is 1.74. The van der Waals surface area contributed by atoms with E-state index in [1.54, 1.807) is 23.5 Å². The van der Waals surface area contributed by atoms with E-state index >= 15 is 4.79 Å². The number of fused-ring (bicyclic) bond motifs is 6. The third-order valence-electron chi connectivity index (χ3n) is 18.0. The van der Waals surface area contributed by atoms with E-state index in [2.05, 4.69) is 94.3 Å². The zero-order valence-electron chi connectivity index (χ0n) is 42.5. The van der Waals surface area contributed by atoms with Gasteiger partial charge >= 0.3 is 5.97 Å². The number of amides is 2. The number of methoxy groups -OCH3 is 1. The summed E-state index contributed by atoms with van der Waals surface area (Å²) in [6, 6.07) is 10.3. The van der Waals surface area contributed by atoms with Crippen LogP contribution < -0.4 is 10.7 Å². The highest BCUT2D eigenvalue weighted by Crippen LogP contribution is 2.50. The van der Waals surface area contributed by atoms with E-state index in [9.17, 15) is 9.59 Å². The van der Waals surface area contributed by atoms with Crippen LogP contribution in [0.1, 0.15) is 120 Å². The minimum absolute atomic E-state index is 0.00511. The lowest BCUT2D eigenvalue weighted by Gasteiger charge is -2.58. The van der Waals surface area contributed by atoms with Crippen molar-refractivity contribution in [3.8, 4) is 22.5 Å². The predicted molar refractivity (Wildman–Crippen MR) is 272 cm³/mol. The van der Waals surface area contributed by atoms with Crippen molar-refractivity contribution in [2.75, 3.05) is 66.2 Å². The van der Waals surface area contributed by atoms with Gasteiger partial charge in [0.15, 0.2) is 0 Å². The molecule has 6 aliphatic heterocycles. The number of nitrogens with one attached hydrogen (secondary N) is 2. The van der Waals surface area contributed by atoms with Crippen LogP contribution in [0.2, 0.25) is 0 Å². The van der Waals surface area contributed by atoms with Crippen molar-refractivity contribution in [2.45, 2.75) is 140 Å². The Hall–Kier alpha value is -4.29. The topological polar surface area (TPSA) is 147 Å². The first-order valence-electron chi connectivity index (χ1n) is 26.8. The Bertz CT molecular complexity index is 2670. The number of hydrogen-bond acceptors (Lipinski definition) is 13. The van der Waals surface area contributed by atoms with Crippen molar-refractivity contribution in [1.82, 2.24) is 45.0 Å². The standard InChI is InChI=1S/C55H73N9O6S/c1-32-33(2)45(32)50(65)58-47-49(61-29-55(30-61)18-9-20-62(55)37-16-22-69-23-17-37)51-57-43(28-71-51)35-12-15-44-40(24-35)41(25-54(4,5)31-70-53(67)42-11-8-21-63(59-42)52(47)66)48(39-10-7-19-56-46(39)34(3)68-6)64(44)38-26-60(27-38)36-13-14-36/h7,10,12,15,19,24,28,32-34,36-38,42,45,47,49,59H,8-9,11,13-14,16-18,20-23,25-27,29-31H2,1-6H3,(H,58,65)/t32-,33+,34-,42-,45?,47-,49-/m0/s1. The molecule has 16 heteroatoms. The van der Waals surface area contributed by atoms with Gasteiger partial charge < -0.3 is 24.1 Å². The zero-order valence-corrected chi connectivity index (χ0v) is 43.3. The van der Waals surface area contributed by atoms with Gasteiger partial charge in [-0.05, 0) is 113 Å². The quantitative estimate of drug-likeness (QED) is 0.168. The summed E-state index contributed by atoms with van der Waals surface area (Å²) in [6.45, 7) is 17.4. The van der Waals surface area contributed by atoms with Crippen LogP contribution in [0.4, 0.5) is 0 Å². The van der Waals surface area contributed by atoms with Gasteiger partial charge in [0.1, 0.15) is 17.1 Å². The molecule has 15 nitrogen and oxygen atoms in total. The lowest BCUT2D eigenvalue weighted by molar-refractivity contribution is -0.157. The number of aromatic nitrogens is 3. The number of carbonyl (C=O) groups is 3. The smallest absolute Gasteiger partial charge is 0.324 e. The largest absolute Gasteiger partial charge is 0.464 e. The minimum atomic E-state index is -0.941. The molecule has 1 unspecified atom stereocenters. The molecule has 9 heterocycles. The fraction of sp³-hybridized carbons (Fsp3) is 0.655. The van der Waals surface area contributed by atoms with Gasteiger partial charge in [0.05, 0.1) is 41.9 Å². The molecule has 1 spiro atoms. The normalized spacial score (nSPS) is 30.2. The SMILES string of the molecule is CO[C@@H](C)c1ncccc1-c1c2c3cc(ccc3n1C1CN(C3CC3)C1)-c1csc(n1)[C@@H](N1CC3(CCCN3C3CCOCC3)C1)[C@H](NC(=O)C1[C@@H](C)[C@H]1C)C(=O)N1CCC[C@H](N1)C(=O)OCC(C)(C)C2. The number of carbonyl (C=O) groups excluding carboxylic acids is 3. The summed E-state index contributed by atoms with van der Waals surface area (Å²) in [5.41, 5.74) is 10.1. The van der Waals surface area contributed by atoms with E-state index in [4.69, 9.17) is 24.2 Å². The summed E-state index contributed by atoms with van der Waals surface area (Å²) in [6.07, 6.45) is 10.2. The van der Waals surface area contributed by atoms with Crippen molar-refractivity contribution >= 4 is 40.0 Å². The van der Waals surface area contributed by atoms with E-state index in [0.29, 0.717) is 37.9 Å². The maximum atomic E-state index is 15.4. The summed E-state index contributed by atoms with van der Waals surface area (Å²) in [5.74, 6) is -0.420. The third-order valence-corrected chi connectivity index (χ3v) is 18.9. The molecule has 12 rings (SSSR count). The number of rotatable bonds is 9. The van der Waals surface area contributed by atoms with Gasteiger partial charge in [-0.25, -0.2) is 10.4 Å². The van der Waals surface area contributed by atoms with Crippen molar-refractivity contribution in [3.63, 3.8) is 0 Å². The lowest BCUT2D eigenvalue weighted by Crippen LogP contribution is -2.72. The average molecular weight is 988 g/mol. The second-order valence-electron chi connectivity index (χ2n) is 23.4. The second-order valence-corrected chi connectivity index (χ2v) is 24.3. The number of cyclic esters (lactones) is 1. The first-order chi connectivity index (χ1) is 34.3. The maximum Gasteiger partial charge on any atom is 0.324 e. The number of pyridine rings is 1. The Balaban J connectivity index is 1.00. The van der Waals surface area contributed by atoms with Gasteiger partial charge in [0.2, 0.25) is 5.91 Å². The number of likely N-dealkylation sites (tertiary alicyclic amines) is 3. The Kier molecular flexibility index (Phi) is 12.5. The number of esters is 1. The lowest BCUT2D eigenvalue weighted by atomic mass is 9.82. The van der Waals surface area contributed by atoms with Crippen LogP contribution >= 0.6 is 11.3 Å². The van der Waals surface area contributed by atoms with Crippen LogP contribution in [0.5, 0.6) is 0 Å². The minimum Gasteiger partial charge on any atom is -0.464 e. The van der Waals surface area contributed by atoms with Crippen LogP contribution in [-0.2, 0) is 35.0 Å². The number of benzene rings is 1. The first kappa shape index (κ1) is 47.7. The molecule has 3 aromatic heterocycles.